The second-order valence-corrected chi connectivity index (χ2v) is 5.09. The van der Waals surface area contributed by atoms with E-state index in [4.69, 9.17) is 4.74 Å². The molecule has 2 rings (SSSR count). The molecule has 0 bridgehead atoms. The Morgan fingerprint density at radius 2 is 2.22 bits per heavy atom. The van der Waals surface area contributed by atoms with Gasteiger partial charge in [-0.25, -0.2) is 4.98 Å². The van der Waals surface area contributed by atoms with E-state index in [1.807, 2.05) is 19.9 Å². The van der Waals surface area contributed by atoms with E-state index >= 15 is 0 Å². The number of hydrogen-bond donors (Lipinski definition) is 0. The van der Waals surface area contributed by atoms with E-state index in [2.05, 4.69) is 17.1 Å². The molecule has 0 aliphatic rings. The van der Waals surface area contributed by atoms with Gasteiger partial charge >= 0.3 is 0 Å². The van der Waals surface area contributed by atoms with E-state index in [1.54, 1.807) is 5.38 Å². The van der Waals surface area contributed by atoms with E-state index in [1.165, 1.54) is 16.9 Å². The molecule has 0 saturated carbocycles. The molecule has 94 valence electrons. The molecular weight excluding hydrogens is 246 g/mol. The second kappa shape index (κ2) is 5.78. The van der Waals surface area contributed by atoms with E-state index in [9.17, 15) is 4.79 Å². The Bertz CT molecular complexity index is 548. The summed E-state index contributed by atoms with van der Waals surface area (Å²) < 4.78 is 5.74. The molecular formula is C14H15NO2S. The van der Waals surface area contributed by atoms with Crippen molar-refractivity contribution >= 4 is 17.6 Å². The largest absolute Gasteiger partial charge is 0.493 e. The lowest BCUT2D eigenvalue weighted by Gasteiger charge is -2.08. The van der Waals surface area contributed by atoms with Gasteiger partial charge in [-0.15, -0.1) is 11.3 Å². The van der Waals surface area contributed by atoms with Crippen LogP contribution in [0, 0.1) is 13.8 Å². The first-order chi connectivity index (χ1) is 8.69. The van der Waals surface area contributed by atoms with Crippen LogP contribution in [0.2, 0.25) is 0 Å². The SMILES string of the molecule is Cc1ccc(C)c(OCCc2nc(C=O)cs2)c1. The molecule has 0 aliphatic carbocycles. The van der Waals surface area contributed by atoms with E-state index in [-0.39, 0.29) is 0 Å². The van der Waals surface area contributed by atoms with Gasteiger partial charge in [0.15, 0.2) is 6.29 Å². The highest BCUT2D eigenvalue weighted by molar-refractivity contribution is 7.09. The Morgan fingerprint density at radius 3 is 2.94 bits per heavy atom. The first kappa shape index (κ1) is 12.8. The zero-order chi connectivity index (χ0) is 13.0. The monoisotopic (exact) mass is 261 g/mol. The summed E-state index contributed by atoms with van der Waals surface area (Å²) in [6.07, 6.45) is 1.50. The molecule has 18 heavy (non-hydrogen) atoms. The van der Waals surface area contributed by atoms with Gasteiger partial charge in [0.05, 0.1) is 11.6 Å². The van der Waals surface area contributed by atoms with Crippen LogP contribution >= 0.6 is 11.3 Å². The molecule has 0 atom stereocenters. The first-order valence-corrected chi connectivity index (χ1v) is 6.66. The molecule has 0 unspecified atom stereocenters. The average Bonchev–Trinajstić information content (AvgIpc) is 2.81. The molecule has 2 aromatic rings. The van der Waals surface area contributed by atoms with Crippen molar-refractivity contribution in [1.29, 1.82) is 0 Å². The van der Waals surface area contributed by atoms with E-state index in [0.717, 1.165) is 29.0 Å². The van der Waals surface area contributed by atoms with Gasteiger partial charge < -0.3 is 4.74 Å². The number of aldehydes is 1. The zero-order valence-electron chi connectivity index (χ0n) is 10.5. The van der Waals surface area contributed by atoms with Crippen molar-refractivity contribution < 1.29 is 9.53 Å². The van der Waals surface area contributed by atoms with Crippen molar-refractivity contribution in [2.75, 3.05) is 6.61 Å². The summed E-state index contributed by atoms with van der Waals surface area (Å²) in [5, 5.41) is 2.70. The maximum atomic E-state index is 10.5. The lowest BCUT2D eigenvalue weighted by molar-refractivity contribution is 0.111. The second-order valence-electron chi connectivity index (χ2n) is 4.15. The third kappa shape index (κ3) is 3.17. The van der Waals surface area contributed by atoms with Crippen molar-refractivity contribution in [2.24, 2.45) is 0 Å². The van der Waals surface area contributed by atoms with Crippen molar-refractivity contribution in [1.82, 2.24) is 4.98 Å². The molecule has 0 N–H and O–H groups in total. The topological polar surface area (TPSA) is 39.2 Å². The predicted octanol–water partition coefficient (Wildman–Crippen LogP) is 3.19. The summed E-state index contributed by atoms with van der Waals surface area (Å²) in [6, 6.07) is 6.16. The minimum absolute atomic E-state index is 0.502. The van der Waals surface area contributed by atoms with Gasteiger partial charge in [0.2, 0.25) is 0 Å². The number of benzene rings is 1. The third-order valence-corrected chi connectivity index (χ3v) is 3.53. The maximum Gasteiger partial charge on any atom is 0.169 e. The van der Waals surface area contributed by atoms with Crippen LogP contribution in [0.15, 0.2) is 23.6 Å². The van der Waals surface area contributed by atoms with Crippen LogP contribution in [-0.4, -0.2) is 17.9 Å². The Morgan fingerprint density at radius 1 is 1.39 bits per heavy atom. The van der Waals surface area contributed by atoms with Gasteiger partial charge in [-0.3, -0.25) is 4.79 Å². The van der Waals surface area contributed by atoms with Gasteiger partial charge in [-0.1, -0.05) is 12.1 Å². The van der Waals surface area contributed by atoms with Crippen molar-refractivity contribution in [3.63, 3.8) is 0 Å². The van der Waals surface area contributed by atoms with Gasteiger partial charge in [0.25, 0.3) is 0 Å². The summed E-state index contributed by atoms with van der Waals surface area (Å²) in [5.41, 5.74) is 2.82. The number of nitrogens with zero attached hydrogens (tertiary/aromatic N) is 1. The zero-order valence-corrected chi connectivity index (χ0v) is 11.3. The van der Waals surface area contributed by atoms with Gasteiger partial charge in [0.1, 0.15) is 11.4 Å². The van der Waals surface area contributed by atoms with Crippen LogP contribution in [0.5, 0.6) is 5.75 Å². The number of rotatable bonds is 5. The lowest BCUT2D eigenvalue weighted by Crippen LogP contribution is -2.02. The molecule has 0 aliphatic heterocycles. The normalized spacial score (nSPS) is 10.3. The van der Waals surface area contributed by atoms with E-state index in [0.29, 0.717) is 12.3 Å². The Labute approximate surface area is 110 Å². The number of carbonyl (C=O) groups is 1. The summed E-state index contributed by atoms with van der Waals surface area (Å²) in [4.78, 5) is 14.7. The minimum atomic E-state index is 0.502. The Hall–Kier alpha value is -1.68. The molecule has 0 spiro atoms. The van der Waals surface area contributed by atoms with Crippen molar-refractivity contribution in [3.05, 3.63) is 45.4 Å². The van der Waals surface area contributed by atoms with Crippen molar-refractivity contribution in [2.45, 2.75) is 20.3 Å². The average molecular weight is 261 g/mol. The molecule has 4 heteroatoms. The predicted molar refractivity (Wildman–Crippen MR) is 72.6 cm³/mol. The number of hydrogen-bond acceptors (Lipinski definition) is 4. The number of thiazole rings is 1. The lowest BCUT2D eigenvalue weighted by atomic mass is 10.1. The first-order valence-electron chi connectivity index (χ1n) is 5.78. The Balaban J connectivity index is 1.91. The number of aromatic nitrogens is 1. The van der Waals surface area contributed by atoms with Crippen LogP contribution in [0.3, 0.4) is 0 Å². The number of ether oxygens (including phenoxy) is 1. The number of aryl methyl sites for hydroxylation is 2. The summed E-state index contributed by atoms with van der Waals surface area (Å²) in [6.45, 7) is 4.66. The van der Waals surface area contributed by atoms with Crippen LogP contribution in [0.1, 0.15) is 26.6 Å². The fraction of sp³-hybridized carbons (Fsp3) is 0.286. The quantitative estimate of drug-likeness (QED) is 0.776. The van der Waals surface area contributed by atoms with Crippen LogP contribution < -0.4 is 4.74 Å². The van der Waals surface area contributed by atoms with Gasteiger partial charge in [-0.05, 0) is 31.0 Å². The maximum absolute atomic E-state index is 10.5. The van der Waals surface area contributed by atoms with Gasteiger partial charge in [0, 0.05) is 11.8 Å². The highest BCUT2D eigenvalue weighted by atomic mass is 32.1. The highest BCUT2D eigenvalue weighted by Crippen LogP contribution is 2.19. The molecule has 0 radical (unpaired) electrons. The van der Waals surface area contributed by atoms with Crippen molar-refractivity contribution in [3.8, 4) is 5.75 Å². The minimum Gasteiger partial charge on any atom is -0.493 e. The highest BCUT2D eigenvalue weighted by Gasteiger charge is 2.03. The summed E-state index contributed by atoms with van der Waals surface area (Å²) >= 11 is 1.49. The van der Waals surface area contributed by atoms with E-state index < -0.39 is 0 Å². The molecule has 0 amide bonds. The Kier molecular flexibility index (Phi) is 4.10. The fourth-order valence-corrected chi connectivity index (χ4v) is 2.33. The molecule has 0 saturated heterocycles. The molecule has 1 heterocycles. The van der Waals surface area contributed by atoms with Crippen LogP contribution in [0.4, 0.5) is 0 Å². The van der Waals surface area contributed by atoms with Crippen LogP contribution in [-0.2, 0) is 6.42 Å². The molecule has 3 nitrogen and oxygen atoms in total. The fourth-order valence-electron chi connectivity index (χ4n) is 1.61. The molecule has 0 fully saturated rings. The number of carbonyl (C=O) groups excluding carboxylic acids is 1. The molecule has 1 aromatic heterocycles. The summed E-state index contributed by atoms with van der Waals surface area (Å²) in [7, 11) is 0. The summed E-state index contributed by atoms with van der Waals surface area (Å²) in [5.74, 6) is 0.919. The smallest absolute Gasteiger partial charge is 0.169 e. The van der Waals surface area contributed by atoms with Gasteiger partial charge in [-0.2, -0.15) is 0 Å². The van der Waals surface area contributed by atoms with Crippen LogP contribution in [0.25, 0.3) is 0 Å². The molecule has 1 aromatic carbocycles. The third-order valence-electron chi connectivity index (χ3n) is 2.61. The standard InChI is InChI=1S/C14H15NO2S/c1-10-3-4-11(2)13(7-10)17-6-5-14-15-12(8-16)9-18-14/h3-4,7-9H,5-6H2,1-2H3.